The number of hydrogen-bond donors (Lipinski definition) is 0. The summed E-state index contributed by atoms with van der Waals surface area (Å²) in [6.07, 6.45) is 2.16. The van der Waals surface area contributed by atoms with E-state index >= 15 is 0 Å². The lowest BCUT2D eigenvalue weighted by atomic mass is 10.0. The molecule has 1 aromatic carbocycles. The molecule has 0 radical (unpaired) electrons. The average molecular weight is 487 g/mol. The van der Waals surface area contributed by atoms with Crippen LogP contribution in [-0.4, -0.2) is 47.3 Å². The molecule has 158 valence electrons. The van der Waals surface area contributed by atoms with Gasteiger partial charge in [-0.1, -0.05) is 23.2 Å². The first kappa shape index (κ1) is 20.1. The second-order valence-electron chi connectivity index (χ2n) is 7.10. The molecule has 2 aliphatic rings. The fourth-order valence-electron chi connectivity index (χ4n) is 3.99. The zero-order chi connectivity index (χ0) is 21.0. The van der Waals surface area contributed by atoms with Gasteiger partial charge in [0.1, 0.15) is 6.61 Å². The SMILES string of the molecule is O=C1OCc2cc(Cl)ccc2N1C1CCN(S(=O)(=O)c2c(Cl)nc3sccn23)CC1. The number of thiazole rings is 1. The van der Waals surface area contributed by atoms with E-state index in [9.17, 15) is 13.2 Å². The van der Waals surface area contributed by atoms with E-state index in [4.69, 9.17) is 27.9 Å². The third kappa shape index (κ3) is 3.18. The van der Waals surface area contributed by atoms with E-state index in [2.05, 4.69) is 4.98 Å². The highest BCUT2D eigenvalue weighted by Gasteiger charge is 2.39. The monoisotopic (exact) mass is 486 g/mol. The van der Waals surface area contributed by atoms with E-state index < -0.39 is 16.1 Å². The number of ether oxygens (including phenoxy) is 1. The van der Waals surface area contributed by atoms with Crippen molar-refractivity contribution in [2.45, 2.75) is 30.5 Å². The normalized spacial score (nSPS) is 18.6. The van der Waals surface area contributed by atoms with Crippen molar-refractivity contribution in [3.05, 3.63) is 45.5 Å². The summed E-state index contributed by atoms with van der Waals surface area (Å²) >= 11 is 13.5. The van der Waals surface area contributed by atoms with E-state index in [1.807, 2.05) is 0 Å². The van der Waals surface area contributed by atoms with Crippen molar-refractivity contribution in [3.8, 4) is 0 Å². The molecule has 0 unspecified atom stereocenters. The molecule has 5 rings (SSSR count). The lowest BCUT2D eigenvalue weighted by Gasteiger charge is -2.39. The molecular weight excluding hydrogens is 471 g/mol. The van der Waals surface area contributed by atoms with Crippen LogP contribution in [0.2, 0.25) is 10.2 Å². The third-order valence-corrected chi connectivity index (χ3v) is 8.69. The molecule has 8 nitrogen and oxygen atoms in total. The number of imidazole rings is 1. The van der Waals surface area contributed by atoms with Gasteiger partial charge in [-0.2, -0.15) is 4.31 Å². The highest BCUT2D eigenvalue weighted by molar-refractivity contribution is 7.89. The molecule has 1 amide bonds. The van der Waals surface area contributed by atoms with Crippen LogP contribution < -0.4 is 4.90 Å². The van der Waals surface area contributed by atoms with Crippen LogP contribution in [0.3, 0.4) is 0 Å². The van der Waals surface area contributed by atoms with Crippen molar-refractivity contribution in [3.63, 3.8) is 0 Å². The number of rotatable bonds is 3. The Kier molecular flexibility index (Phi) is 4.94. The van der Waals surface area contributed by atoms with Gasteiger partial charge in [-0.3, -0.25) is 9.30 Å². The molecule has 2 aliphatic heterocycles. The molecule has 4 heterocycles. The minimum Gasteiger partial charge on any atom is -0.444 e. The summed E-state index contributed by atoms with van der Waals surface area (Å²) in [6, 6.07) is 5.15. The van der Waals surface area contributed by atoms with Gasteiger partial charge in [-0.05, 0) is 31.0 Å². The standard InChI is InChI=1S/C18H16Cl2N4O4S2/c19-12-1-2-14-11(9-12)10-28-18(25)24(14)13-3-5-22(6-4-13)30(26,27)16-15(20)21-17-23(16)7-8-29-17/h1-2,7-9,13H,3-6,10H2. The number of aromatic nitrogens is 2. The van der Waals surface area contributed by atoms with E-state index in [0.29, 0.717) is 22.8 Å². The largest absolute Gasteiger partial charge is 0.444 e. The smallest absolute Gasteiger partial charge is 0.414 e. The quantitative estimate of drug-likeness (QED) is 0.558. The zero-order valence-corrected chi connectivity index (χ0v) is 18.6. The van der Waals surface area contributed by atoms with Crippen LogP contribution in [0.4, 0.5) is 10.5 Å². The van der Waals surface area contributed by atoms with E-state index in [-0.39, 0.29) is 35.9 Å². The van der Waals surface area contributed by atoms with Gasteiger partial charge in [0.2, 0.25) is 0 Å². The summed E-state index contributed by atoms with van der Waals surface area (Å²) in [4.78, 5) is 18.7. The number of carbonyl (C=O) groups is 1. The van der Waals surface area contributed by atoms with Crippen molar-refractivity contribution >= 4 is 61.3 Å². The van der Waals surface area contributed by atoms with Crippen molar-refractivity contribution in [2.75, 3.05) is 18.0 Å². The summed E-state index contributed by atoms with van der Waals surface area (Å²) in [5.74, 6) is 0. The Bertz CT molecular complexity index is 1250. The number of anilines is 1. The molecule has 0 aliphatic carbocycles. The number of fused-ring (bicyclic) bond motifs is 2. The van der Waals surface area contributed by atoms with Crippen LogP contribution in [0.15, 0.2) is 34.8 Å². The molecule has 1 fully saturated rings. The highest BCUT2D eigenvalue weighted by Crippen LogP contribution is 2.35. The van der Waals surface area contributed by atoms with Crippen LogP contribution in [0, 0.1) is 0 Å². The summed E-state index contributed by atoms with van der Waals surface area (Å²) in [7, 11) is -3.82. The van der Waals surface area contributed by atoms with E-state index in [0.717, 1.165) is 11.3 Å². The Balaban J connectivity index is 1.39. The number of halogens is 2. The van der Waals surface area contributed by atoms with Gasteiger partial charge in [0.05, 0.1) is 5.69 Å². The fraction of sp³-hybridized carbons (Fsp3) is 0.333. The van der Waals surface area contributed by atoms with Gasteiger partial charge in [-0.15, -0.1) is 11.3 Å². The van der Waals surface area contributed by atoms with Crippen LogP contribution in [0.25, 0.3) is 4.96 Å². The Morgan fingerprint density at radius 3 is 2.73 bits per heavy atom. The lowest BCUT2D eigenvalue weighted by molar-refractivity contribution is 0.136. The molecule has 0 bridgehead atoms. The number of sulfonamides is 1. The molecular formula is C18H16Cl2N4O4S2. The second kappa shape index (κ2) is 7.38. The van der Waals surface area contributed by atoms with Gasteiger partial charge in [-0.25, -0.2) is 18.2 Å². The first-order chi connectivity index (χ1) is 14.4. The summed E-state index contributed by atoms with van der Waals surface area (Å²) in [5.41, 5.74) is 1.60. The maximum absolute atomic E-state index is 13.2. The van der Waals surface area contributed by atoms with Crippen molar-refractivity contribution in [1.82, 2.24) is 13.7 Å². The number of piperidine rings is 1. The first-order valence-electron chi connectivity index (χ1n) is 9.22. The molecule has 3 aromatic rings. The van der Waals surface area contributed by atoms with Gasteiger partial charge >= 0.3 is 6.09 Å². The lowest BCUT2D eigenvalue weighted by Crippen LogP contribution is -2.50. The topological polar surface area (TPSA) is 84.2 Å². The number of amides is 1. The van der Waals surface area contributed by atoms with Gasteiger partial charge in [0.25, 0.3) is 10.0 Å². The molecule has 12 heteroatoms. The molecule has 0 atom stereocenters. The number of nitrogens with zero attached hydrogens (tertiary/aromatic N) is 4. The van der Waals surface area contributed by atoms with Gasteiger partial charge in [0, 0.05) is 41.3 Å². The van der Waals surface area contributed by atoms with Crippen LogP contribution in [-0.2, 0) is 21.4 Å². The van der Waals surface area contributed by atoms with Crippen molar-refractivity contribution in [2.24, 2.45) is 0 Å². The second-order valence-corrected chi connectivity index (χ2v) is 10.6. The Labute approximate surface area is 186 Å². The van der Waals surface area contributed by atoms with Crippen LogP contribution in [0.1, 0.15) is 18.4 Å². The third-order valence-electron chi connectivity index (χ3n) is 5.40. The number of benzene rings is 1. The maximum Gasteiger partial charge on any atom is 0.414 e. The average Bonchev–Trinajstić information content (AvgIpc) is 3.28. The fourth-order valence-corrected chi connectivity index (χ4v) is 7.06. The van der Waals surface area contributed by atoms with Crippen molar-refractivity contribution in [1.29, 1.82) is 0 Å². The minimum atomic E-state index is -3.82. The zero-order valence-electron chi connectivity index (χ0n) is 15.5. The maximum atomic E-state index is 13.2. The van der Waals surface area contributed by atoms with Gasteiger partial charge < -0.3 is 4.74 Å². The summed E-state index contributed by atoms with van der Waals surface area (Å²) in [6.45, 7) is 0.690. The first-order valence-corrected chi connectivity index (χ1v) is 12.3. The Morgan fingerprint density at radius 1 is 1.20 bits per heavy atom. The molecule has 0 saturated carbocycles. The number of hydrogen-bond acceptors (Lipinski definition) is 6. The summed E-state index contributed by atoms with van der Waals surface area (Å²) < 4.78 is 34.7. The van der Waals surface area contributed by atoms with Gasteiger partial charge in [0.15, 0.2) is 15.1 Å². The molecule has 1 saturated heterocycles. The molecule has 30 heavy (non-hydrogen) atoms. The van der Waals surface area contributed by atoms with Crippen molar-refractivity contribution < 1.29 is 17.9 Å². The van der Waals surface area contributed by atoms with Crippen LogP contribution in [0.5, 0.6) is 0 Å². The van der Waals surface area contributed by atoms with Crippen LogP contribution >= 0.6 is 34.5 Å². The Hall–Kier alpha value is -1.85. The van der Waals surface area contributed by atoms with E-state index in [1.165, 1.54) is 20.0 Å². The van der Waals surface area contributed by atoms with E-state index in [1.54, 1.807) is 34.7 Å². The predicted molar refractivity (Wildman–Crippen MR) is 114 cm³/mol. The minimum absolute atomic E-state index is 0.0174. The molecule has 0 N–H and O–H groups in total. The Morgan fingerprint density at radius 2 is 1.97 bits per heavy atom. The molecule has 2 aromatic heterocycles. The molecule has 0 spiro atoms. The number of carbonyl (C=O) groups excluding carboxylic acids is 1. The number of cyclic esters (lactones) is 1. The summed E-state index contributed by atoms with van der Waals surface area (Å²) in [5, 5.41) is 2.28. The highest BCUT2D eigenvalue weighted by atomic mass is 35.5. The predicted octanol–water partition coefficient (Wildman–Crippen LogP) is 4.01.